The molecule has 1 N–H and O–H groups in total. The van der Waals surface area contributed by atoms with Crippen molar-refractivity contribution in [2.24, 2.45) is 0 Å². The topological polar surface area (TPSA) is 76.6 Å². The van der Waals surface area contributed by atoms with E-state index >= 15 is 0 Å². The zero-order valence-electron chi connectivity index (χ0n) is 16.0. The minimum Gasteiger partial charge on any atom is -0.489 e. The van der Waals surface area contributed by atoms with E-state index in [1.807, 2.05) is 54.6 Å². The van der Waals surface area contributed by atoms with Crippen LogP contribution in [-0.2, 0) is 11.3 Å². The maximum Gasteiger partial charge on any atom is 0.274 e. The zero-order valence-corrected chi connectivity index (χ0v) is 16.0. The van der Waals surface area contributed by atoms with Crippen LogP contribution in [0.1, 0.15) is 16.1 Å². The molecule has 29 heavy (non-hydrogen) atoms. The van der Waals surface area contributed by atoms with Crippen molar-refractivity contribution in [2.45, 2.75) is 6.61 Å². The Bertz CT molecular complexity index is 942. The Balaban J connectivity index is 1.35. The number of anilines is 2. The molecule has 148 valence electrons. The average Bonchev–Trinajstić information content (AvgIpc) is 2.80. The van der Waals surface area contributed by atoms with Crippen LogP contribution < -0.4 is 15.0 Å². The summed E-state index contributed by atoms with van der Waals surface area (Å²) in [5.41, 5.74) is 2.10. The van der Waals surface area contributed by atoms with Gasteiger partial charge < -0.3 is 19.7 Å². The third-order valence-electron chi connectivity index (χ3n) is 4.58. The van der Waals surface area contributed by atoms with E-state index in [0.29, 0.717) is 31.2 Å². The number of amides is 1. The van der Waals surface area contributed by atoms with Gasteiger partial charge in [0, 0.05) is 24.8 Å². The second kappa shape index (κ2) is 9.16. The molecule has 0 aliphatic carbocycles. The summed E-state index contributed by atoms with van der Waals surface area (Å²) in [6.07, 6.45) is 1.42. The largest absolute Gasteiger partial charge is 0.489 e. The van der Waals surface area contributed by atoms with E-state index in [0.717, 1.165) is 30.2 Å². The van der Waals surface area contributed by atoms with Gasteiger partial charge in [-0.1, -0.05) is 30.3 Å². The number of nitrogens with zero attached hydrogens (tertiary/aromatic N) is 3. The number of carbonyl (C=O) groups excluding carboxylic acids is 1. The van der Waals surface area contributed by atoms with Crippen molar-refractivity contribution < 1.29 is 14.3 Å². The van der Waals surface area contributed by atoms with Crippen LogP contribution in [-0.4, -0.2) is 42.2 Å². The van der Waals surface area contributed by atoms with Crippen LogP contribution in [0.15, 0.2) is 67.0 Å². The van der Waals surface area contributed by atoms with Gasteiger partial charge in [-0.15, -0.1) is 0 Å². The molecule has 1 amide bonds. The summed E-state index contributed by atoms with van der Waals surface area (Å²) in [5, 5.41) is 2.86. The number of hydrogen-bond acceptors (Lipinski definition) is 6. The molecule has 0 saturated carbocycles. The number of aromatic nitrogens is 2. The summed E-state index contributed by atoms with van der Waals surface area (Å²) < 4.78 is 11.1. The first-order valence-electron chi connectivity index (χ1n) is 9.51. The summed E-state index contributed by atoms with van der Waals surface area (Å²) in [5.74, 6) is 1.20. The fourth-order valence-electron chi connectivity index (χ4n) is 3.01. The van der Waals surface area contributed by atoms with Crippen molar-refractivity contribution in [1.82, 2.24) is 9.97 Å². The lowest BCUT2D eigenvalue weighted by atomic mass is 10.2. The van der Waals surface area contributed by atoms with Crippen molar-refractivity contribution in [3.05, 3.63) is 78.2 Å². The molecule has 3 aromatic rings. The van der Waals surface area contributed by atoms with Crippen molar-refractivity contribution in [3.63, 3.8) is 0 Å². The molecular weight excluding hydrogens is 368 g/mol. The Kier molecular flexibility index (Phi) is 5.97. The molecule has 1 saturated heterocycles. The second-order valence-electron chi connectivity index (χ2n) is 6.61. The Labute approximate surface area is 169 Å². The lowest BCUT2D eigenvalue weighted by Crippen LogP contribution is -2.37. The number of ether oxygens (including phenoxy) is 2. The molecule has 1 aromatic heterocycles. The highest BCUT2D eigenvalue weighted by atomic mass is 16.5. The van der Waals surface area contributed by atoms with Crippen LogP contribution >= 0.6 is 0 Å². The first kappa shape index (κ1) is 18.9. The smallest absolute Gasteiger partial charge is 0.274 e. The van der Waals surface area contributed by atoms with E-state index in [1.54, 1.807) is 6.07 Å². The second-order valence-corrected chi connectivity index (χ2v) is 6.61. The third-order valence-corrected chi connectivity index (χ3v) is 4.58. The summed E-state index contributed by atoms with van der Waals surface area (Å²) in [6.45, 7) is 3.32. The number of morpholine rings is 1. The van der Waals surface area contributed by atoms with Gasteiger partial charge in [0.15, 0.2) is 0 Å². The van der Waals surface area contributed by atoms with Crippen LogP contribution in [0.3, 0.4) is 0 Å². The Morgan fingerprint density at radius 3 is 2.55 bits per heavy atom. The third kappa shape index (κ3) is 5.08. The van der Waals surface area contributed by atoms with Crippen LogP contribution in [0.2, 0.25) is 0 Å². The Morgan fingerprint density at radius 1 is 1.03 bits per heavy atom. The van der Waals surface area contributed by atoms with Gasteiger partial charge in [-0.05, 0) is 29.8 Å². The van der Waals surface area contributed by atoms with E-state index in [2.05, 4.69) is 20.2 Å². The zero-order chi connectivity index (χ0) is 19.9. The summed E-state index contributed by atoms with van der Waals surface area (Å²) in [4.78, 5) is 23.0. The number of benzene rings is 2. The molecule has 0 atom stereocenters. The molecule has 1 fully saturated rings. The summed E-state index contributed by atoms with van der Waals surface area (Å²) >= 11 is 0. The molecule has 0 bridgehead atoms. The molecular formula is C22H22N4O3. The molecule has 1 aliphatic rings. The minimum atomic E-state index is -0.278. The van der Waals surface area contributed by atoms with Crippen molar-refractivity contribution in [2.75, 3.05) is 36.5 Å². The number of nitrogens with one attached hydrogen (secondary N) is 1. The molecule has 1 aliphatic heterocycles. The maximum atomic E-state index is 12.6. The van der Waals surface area contributed by atoms with E-state index < -0.39 is 0 Å². The molecule has 0 unspecified atom stereocenters. The number of carbonyl (C=O) groups is 1. The van der Waals surface area contributed by atoms with E-state index in [4.69, 9.17) is 9.47 Å². The fraction of sp³-hybridized carbons (Fsp3) is 0.227. The first-order valence-corrected chi connectivity index (χ1v) is 9.51. The highest BCUT2D eigenvalue weighted by molar-refractivity contribution is 6.03. The van der Waals surface area contributed by atoms with Gasteiger partial charge in [0.05, 0.1) is 13.2 Å². The van der Waals surface area contributed by atoms with Gasteiger partial charge in [0.1, 0.15) is 30.2 Å². The van der Waals surface area contributed by atoms with Gasteiger partial charge in [-0.25, -0.2) is 9.97 Å². The molecule has 0 radical (unpaired) electrons. The van der Waals surface area contributed by atoms with Crippen molar-refractivity contribution >= 4 is 17.4 Å². The lowest BCUT2D eigenvalue weighted by molar-refractivity contribution is 0.102. The van der Waals surface area contributed by atoms with Crippen molar-refractivity contribution in [1.29, 1.82) is 0 Å². The average molecular weight is 390 g/mol. The predicted molar refractivity (Wildman–Crippen MR) is 110 cm³/mol. The highest BCUT2D eigenvalue weighted by Crippen LogP contribution is 2.18. The number of rotatable bonds is 6. The lowest BCUT2D eigenvalue weighted by Gasteiger charge is -2.27. The fourth-order valence-corrected chi connectivity index (χ4v) is 3.01. The quantitative estimate of drug-likeness (QED) is 0.697. The Hall–Kier alpha value is -3.45. The van der Waals surface area contributed by atoms with Crippen LogP contribution in [0, 0.1) is 0 Å². The predicted octanol–water partition coefficient (Wildman–Crippen LogP) is 3.14. The Morgan fingerprint density at radius 2 is 1.79 bits per heavy atom. The molecule has 2 heterocycles. The maximum absolute atomic E-state index is 12.6. The van der Waals surface area contributed by atoms with Gasteiger partial charge in [0.25, 0.3) is 5.91 Å². The number of hydrogen-bond donors (Lipinski definition) is 1. The normalized spacial score (nSPS) is 13.7. The van der Waals surface area contributed by atoms with Crippen LogP contribution in [0.4, 0.5) is 11.5 Å². The summed E-state index contributed by atoms with van der Waals surface area (Å²) in [7, 11) is 0. The van der Waals surface area contributed by atoms with E-state index in [-0.39, 0.29) is 5.91 Å². The van der Waals surface area contributed by atoms with E-state index in [1.165, 1.54) is 6.33 Å². The van der Waals surface area contributed by atoms with Crippen LogP contribution in [0.25, 0.3) is 0 Å². The minimum absolute atomic E-state index is 0.278. The van der Waals surface area contributed by atoms with E-state index in [9.17, 15) is 4.79 Å². The standard InChI is InChI=1S/C22H22N4O3/c27-22(20-14-21(24-16-23-20)26-10-12-28-13-11-26)25-18-6-8-19(9-7-18)29-15-17-4-2-1-3-5-17/h1-9,14,16H,10-13,15H2,(H,25,27). The van der Waals surface area contributed by atoms with Gasteiger partial charge >= 0.3 is 0 Å². The first-order chi connectivity index (χ1) is 14.3. The monoisotopic (exact) mass is 390 g/mol. The van der Waals surface area contributed by atoms with Gasteiger partial charge in [-0.3, -0.25) is 4.79 Å². The molecule has 7 heteroatoms. The molecule has 0 spiro atoms. The SMILES string of the molecule is O=C(Nc1ccc(OCc2ccccc2)cc1)c1cc(N2CCOCC2)ncn1. The molecule has 7 nitrogen and oxygen atoms in total. The van der Waals surface area contributed by atoms with Crippen LogP contribution in [0.5, 0.6) is 5.75 Å². The highest BCUT2D eigenvalue weighted by Gasteiger charge is 2.15. The molecule has 4 rings (SSSR count). The summed E-state index contributed by atoms with van der Waals surface area (Å²) in [6, 6.07) is 19.0. The van der Waals surface area contributed by atoms with Gasteiger partial charge in [-0.2, -0.15) is 0 Å². The molecule has 2 aromatic carbocycles. The van der Waals surface area contributed by atoms with Crippen molar-refractivity contribution in [3.8, 4) is 5.75 Å². The van der Waals surface area contributed by atoms with Gasteiger partial charge in [0.2, 0.25) is 0 Å².